The van der Waals surface area contributed by atoms with Crippen LogP contribution in [0.25, 0.3) is 0 Å². The van der Waals surface area contributed by atoms with Gasteiger partial charge in [-0.3, -0.25) is 9.36 Å². The molecular weight excluding hydrogens is 407 g/mol. The van der Waals surface area contributed by atoms with E-state index >= 15 is 0 Å². The zero-order chi connectivity index (χ0) is 22.9. The first kappa shape index (κ1) is 28.4. The van der Waals surface area contributed by atoms with Crippen molar-refractivity contribution in [2.45, 2.75) is 78.1 Å². The molecule has 0 aromatic heterocycles. The third-order valence-electron chi connectivity index (χ3n) is 5.34. The van der Waals surface area contributed by atoms with E-state index in [2.05, 4.69) is 46.9 Å². The molecule has 0 bridgehead atoms. The van der Waals surface area contributed by atoms with E-state index in [0.717, 1.165) is 18.4 Å². The first-order valence-electron chi connectivity index (χ1n) is 10.0. The fourth-order valence-corrected chi connectivity index (χ4v) is 4.29. The minimum Gasteiger partial charge on any atom is -0.413 e. The second-order valence-corrected chi connectivity index (χ2v) is 16.2. The molecule has 0 fully saturated rings. The van der Waals surface area contributed by atoms with Gasteiger partial charge in [0.2, 0.25) is 0 Å². The molecule has 0 radical (unpaired) electrons. The first-order valence-corrected chi connectivity index (χ1v) is 14.7. The van der Waals surface area contributed by atoms with Crippen LogP contribution in [0.4, 0.5) is 0 Å². The summed E-state index contributed by atoms with van der Waals surface area (Å²) in [5.74, 6) is -0.355. The fraction of sp³-hybridized carbons (Fsp3) is 0.762. The molecule has 0 heterocycles. The minimum absolute atomic E-state index is 0.108. The van der Waals surface area contributed by atoms with Crippen LogP contribution in [0, 0.1) is 0 Å². The zero-order valence-corrected chi connectivity index (χ0v) is 21.6. The average molecular weight is 449 g/mol. The summed E-state index contributed by atoms with van der Waals surface area (Å²) in [4.78, 5) is 12.0. The molecule has 0 amide bonds. The summed E-state index contributed by atoms with van der Waals surface area (Å²) >= 11 is 0. The van der Waals surface area contributed by atoms with Gasteiger partial charge in [-0.1, -0.05) is 44.1 Å². The van der Waals surface area contributed by atoms with Gasteiger partial charge in [0.25, 0.3) is 0 Å². The Hall–Kier alpha value is -0.563. The Morgan fingerprint density at radius 2 is 1.69 bits per heavy atom. The van der Waals surface area contributed by atoms with E-state index in [4.69, 9.17) is 13.5 Å². The minimum atomic E-state index is -3.38. The van der Waals surface area contributed by atoms with E-state index in [0.29, 0.717) is 6.61 Å². The molecule has 0 rings (SSSR count). The number of rotatable bonds is 13. The van der Waals surface area contributed by atoms with Crippen molar-refractivity contribution < 1.29 is 27.9 Å². The van der Waals surface area contributed by atoms with Crippen LogP contribution < -0.4 is 0 Å². The Morgan fingerprint density at radius 1 is 1.14 bits per heavy atom. The van der Waals surface area contributed by atoms with Gasteiger partial charge in [0.1, 0.15) is 11.9 Å². The third kappa shape index (κ3) is 11.4. The van der Waals surface area contributed by atoms with Gasteiger partial charge in [-0.15, -0.1) is 0 Å². The maximum absolute atomic E-state index is 12.0. The molecule has 170 valence electrons. The number of carbonyl (C=O) groups is 1. The summed E-state index contributed by atoms with van der Waals surface area (Å²) < 4.78 is 27.7. The predicted octanol–water partition coefficient (Wildman–Crippen LogP) is 5.49. The highest BCUT2D eigenvalue weighted by Crippen LogP contribution is 2.46. The van der Waals surface area contributed by atoms with Crippen LogP contribution in [0.3, 0.4) is 0 Å². The lowest BCUT2D eigenvalue weighted by Crippen LogP contribution is -2.41. The number of Topliss-reactive ketones (excluding diaryl/α,β-unsaturated/α-hetero) is 1. The highest BCUT2D eigenvalue weighted by Gasteiger charge is 2.36. The van der Waals surface area contributed by atoms with E-state index in [1.807, 2.05) is 6.92 Å². The Balaban J connectivity index is 4.49. The molecule has 6 nitrogen and oxygen atoms in total. The van der Waals surface area contributed by atoms with Crippen LogP contribution in [0.2, 0.25) is 18.1 Å². The van der Waals surface area contributed by atoms with Crippen molar-refractivity contribution in [3.8, 4) is 0 Å². The van der Waals surface area contributed by atoms with E-state index in [9.17, 15) is 14.5 Å². The number of ketones is 1. The van der Waals surface area contributed by atoms with Crippen LogP contribution >= 0.6 is 7.60 Å². The quantitative estimate of drug-likeness (QED) is 0.228. The third-order valence-corrected chi connectivity index (χ3v) is 11.7. The Labute approximate surface area is 178 Å². The van der Waals surface area contributed by atoms with Gasteiger partial charge in [-0.05, 0) is 44.8 Å². The molecule has 0 aliphatic heterocycles. The Kier molecular flexibility index (Phi) is 12.1. The van der Waals surface area contributed by atoms with Gasteiger partial charge in [0.15, 0.2) is 8.32 Å². The lowest BCUT2D eigenvalue weighted by atomic mass is 10.1. The molecule has 1 N–H and O–H groups in total. The maximum Gasteiger partial charge on any atom is 0.337 e. The first-order chi connectivity index (χ1) is 13.2. The van der Waals surface area contributed by atoms with Crippen molar-refractivity contribution in [3.63, 3.8) is 0 Å². The molecule has 0 aromatic rings. The van der Waals surface area contributed by atoms with E-state index < -0.39 is 22.0 Å². The monoisotopic (exact) mass is 448 g/mol. The molecule has 1 unspecified atom stereocenters. The van der Waals surface area contributed by atoms with Crippen LogP contribution in [0.5, 0.6) is 0 Å². The SMILES string of the molecule is COP(=O)(CC(=O)CC(O)/C=C(\C)CC/C=C(\C)CO[Si](C)(C)C(C)(C)C)OC. The van der Waals surface area contributed by atoms with E-state index in [1.54, 1.807) is 6.08 Å². The van der Waals surface area contributed by atoms with Crippen molar-refractivity contribution in [3.05, 3.63) is 23.3 Å². The lowest BCUT2D eigenvalue weighted by molar-refractivity contribution is -0.118. The van der Waals surface area contributed by atoms with Crippen molar-refractivity contribution in [1.82, 2.24) is 0 Å². The number of allylic oxidation sites excluding steroid dienone is 2. The summed E-state index contributed by atoms with van der Waals surface area (Å²) in [6, 6.07) is 0. The standard InChI is InChI=1S/C21H41O6PSi/c1-17(13-19(22)14-20(23)16-28(24,25-6)26-7)11-10-12-18(2)15-27-29(8,9)21(3,4)5/h12-13,19,22H,10-11,14-16H2,1-9H3/b17-13+,18-12+. The van der Waals surface area contributed by atoms with Gasteiger partial charge in [0.05, 0.1) is 12.7 Å². The highest BCUT2D eigenvalue weighted by atomic mass is 31.2. The maximum atomic E-state index is 12.0. The fourth-order valence-electron chi connectivity index (χ4n) is 2.30. The smallest absolute Gasteiger partial charge is 0.337 e. The molecular formula is C21H41O6PSi. The number of hydrogen-bond donors (Lipinski definition) is 1. The van der Waals surface area contributed by atoms with Crippen molar-refractivity contribution in [2.75, 3.05) is 27.0 Å². The summed E-state index contributed by atoms with van der Waals surface area (Å²) in [5, 5.41) is 10.3. The van der Waals surface area contributed by atoms with Crippen LogP contribution in [0.15, 0.2) is 23.3 Å². The predicted molar refractivity (Wildman–Crippen MR) is 122 cm³/mol. The number of aliphatic hydroxyl groups is 1. The van der Waals surface area contributed by atoms with E-state index in [-0.39, 0.29) is 23.4 Å². The molecule has 0 saturated heterocycles. The molecule has 0 spiro atoms. The Bertz CT molecular complexity index is 626. The normalized spacial score (nSPS) is 15.5. The highest BCUT2D eigenvalue weighted by molar-refractivity contribution is 7.54. The van der Waals surface area contributed by atoms with Crippen molar-refractivity contribution in [1.29, 1.82) is 0 Å². The van der Waals surface area contributed by atoms with Crippen LogP contribution in [-0.4, -0.2) is 52.3 Å². The number of carbonyl (C=O) groups excluding carboxylic acids is 1. The topological polar surface area (TPSA) is 82.1 Å². The van der Waals surface area contributed by atoms with Gasteiger partial charge < -0.3 is 18.6 Å². The van der Waals surface area contributed by atoms with E-state index in [1.165, 1.54) is 19.8 Å². The zero-order valence-electron chi connectivity index (χ0n) is 19.7. The lowest BCUT2D eigenvalue weighted by Gasteiger charge is -2.36. The second kappa shape index (κ2) is 12.3. The van der Waals surface area contributed by atoms with Crippen LogP contribution in [0.1, 0.15) is 53.9 Å². The molecule has 0 aliphatic carbocycles. The molecule has 1 atom stereocenters. The molecule has 0 aromatic carbocycles. The van der Waals surface area contributed by atoms with Gasteiger partial charge in [0, 0.05) is 20.6 Å². The molecule has 0 aliphatic rings. The molecule has 0 saturated carbocycles. The summed E-state index contributed by atoms with van der Waals surface area (Å²) in [6.45, 7) is 15.8. The summed E-state index contributed by atoms with van der Waals surface area (Å²) in [6.07, 6.45) is 4.13. The second-order valence-electron chi connectivity index (χ2n) is 9.10. The van der Waals surface area contributed by atoms with Crippen molar-refractivity contribution >= 4 is 21.7 Å². The summed E-state index contributed by atoms with van der Waals surface area (Å²) in [5.41, 5.74) is 2.20. The average Bonchev–Trinajstić information content (AvgIpc) is 2.58. The van der Waals surface area contributed by atoms with Gasteiger partial charge >= 0.3 is 7.60 Å². The largest absolute Gasteiger partial charge is 0.413 e. The Morgan fingerprint density at radius 3 is 2.17 bits per heavy atom. The van der Waals surface area contributed by atoms with Crippen LogP contribution in [-0.2, 0) is 22.8 Å². The molecule has 8 heteroatoms. The summed E-state index contributed by atoms with van der Waals surface area (Å²) in [7, 11) is -2.65. The van der Waals surface area contributed by atoms with Crippen molar-refractivity contribution in [2.24, 2.45) is 0 Å². The molecule has 29 heavy (non-hydrogen) atoms. The number of hydrogen-bond acceptors (Lipinski definition) is 6. The number of aliphatic hydroxyl groups excluding tert-OH is 1. The van der Waals surface area contributed by atoms with Gasteiger partial charge in [-0.25, -0.2) is 0 Å². The van der Waals surface area contributed by atoms with Gasteiger partial charge in [-0.2, -0.15) is 0 Å².